The molecule has 0 heterocycles. The van der Waals surface area contributed by atoms with Crippen molar-refractivity contribution in [1.82, 2.24) is 10.6 Å². The Morgan fingerprint density at radius 2 is 2.00 bits per heavy atom. The van der Waals surface area contributed by atoms with Gasteiger partial charge in [0.15, 0.2) is 0 Å². The summed E-state index contributed by atoms with van der Waals surface area (Å²) in [5, 5.41) is 6.62. The zero-order valence-corrected chi connectivity index (χ0v) is 11.3. The molecule has 3 heteroatoms. The van der Waals surface area contributed by atoms with Gasteiger partial charge in [0.25, 0.3) is 0 Å². The predicted molar refractivity (Wildman–Crippen MR) is 72.4 cm³/mol. The van der Waals surface area contributed by atoms with Crippen molar-refractivity contribution in [2.24, 2.45) is 0 Å². The highest BCUT2D eigenvalue weighted by molar-refractivity contribution is 5.28. The monoisotopic (exact) mass is 236 g/mol. The Balaban J connectivity index is 2.48. The fourth-order valence-corrected chi connectivity index (χ4v) is 1.67. The van der Waals surface area contributed by atoms with Gasteiger partial charge < -0.3 is 15.4 Å². The second-order valence-electron chi connectivity index (χ2n) is 4.65. The fourth-order valence-electron chi connectivity index (χ4n) is 1.67. The summed E-state index contributed by atoms with van der Waals surface area (Å²) in [4.78, 5) is 0. The Bertz CT molecular complexity index is 326. The fraction of sp³-hybridized carbons (Fsp3) is 0.571. The van der Waals surface area contributed by atoms with Crippen LogP contribution in [0, 0.1) is 0 Å². The topological polar surface area (TPSA) is 33.3 Å². The molecule has 2 N–H and O–H groups in total. The highest BCUT2D eigenvalue weighted by atomic mass is 16.5. The van der Waals surface area contributed by atoms with Crippen molar-refractivity contribution >= 4 is 0 Å². The number of likely N-dealkylation sites (N-methyl/N-ethyl adjacent to an activating group) is 1. The van der Waals surface area contributed by atoms with Crippen LogP contribution in [0.4, 0.5) is 0 Å². The van der Waals surface area contributed by atoms with E-state index in [9.17, 15) is 0 Å². The molecule has 1 aromatic rings. The lowest BCUT2D eigenvalue weighted by molar-refractivity contribution is 0.242. The highest BCUT2D eigenvalue weighted by Gasteiger charge is 2.02. The first-order valence-electron chi connectivity index (χ1n) is 6.25. The average Bonchev–Trinajstić information content (AvgIpc) is 2.26. The van der Waals surface area contributed by atoms with Crippen molar-refractivity contribution in [2.45, 2.75) is 39.5 Å². The first kappa shape index (κ1) is 14.0. The molecule has 1 aromatic carbocycles. The molecule has 0 saturated heterocycles. The zero-order valence-electron chi connectivity index (χ0n) is 11.3. The van der Waals surface area contributed by atoms with Gasteiger partial charge in [-0.2, -0.15) is 0 Å². The molecular weight excluding hydrogens is 212 g/mol. The number of rotatable bonds is 7. The minimum Gasteiger partial charge on any atom is -0.491 e. The molecule has 1 rings (SSSR count). The standard InChI is InChI=1S/C14H24N2O/c1-11(2)17-14-7-5-6-13(8-14)10-16-12(3)9-15-4/h5-8,11-12,15-16H,9-10H2,1-4H3. The summed E-state index contributed by atoms with van der Waals surface area (Å²) >= 11 is 0. The molecule has 0 aliphatic heterocycles. The van der Waals surface area contributed by atoms with Crippen molar-refractivity contribution in [1.29, 1.82) is 0 Å². The van der Waals surface area contributed by atoms with Crippen molar-refractivity contribution < 1.29 is 4.74 Å². The van der Waals surface area contributed by atoms with Gasteiger partial charge in [-0.3, -0.25) is 0 Å². The number of hydrogen-bond donors (Lipinski definition) is 2. The van der Waals surface area contributed by atoms with Crippen LogP contribution in [0.3, 0.4) is 0 Å². The third-order valence-corrected chi connectivity index (χ3v) is 2.44. The first-order valence-corrected chi connectivity index (χ1v) is 6.25. The lowest BCUT2D eigenvalue weighted by Crippen LogP contribution is -2.34. The normalized spacial score (nSPS) is 12.8. The molecule has 0 radical (unpaired) electrons. The minimum absolute atomic E-state index is 0.224. The van der Waals surface area contributed by atoms with Crippen LogP contribution < -0.4 is 15.4 Å². The lowest BCUT2D eigenvalue weighted by Gasteiger charge is -2.14. The van der Waals surface area contributed by atoms with Gasteiger partial charge in [0, 0.05) is 19.1 Å². The summed E-state index contributed by atoms with van der Waals surface area (Å²) in [7, 11) is 1.97. The Labute approximate surface area is 105 Å². The SMILES string of the molecule is CNCC(C)NCc1cccc(OC(C)C)c1. The largest absolute Gasteiger partial charge is 0.491 e. The van der Waals surface area contributed by atoms with Gasteiger partial charge in [-0.25, -0.2) is 0 Å². The smallest absolute Gasteiger partial charge is 0.120 e. The Kier molecular flexibility index (Phi) is 6.01. The van der Waals surface area contributed by atoms with E-state index in [-0.39, 0.29) is 6.10 Å². The summed E-state index contributed by atoms with van der Waals surface area (Å²) in [6.07, 6.45) is 0.224. The van der Waals surface area contributed by atoms with Crippen molar-refractivity contribution in [2.75, 3.05) is 13.6 Å². The summed E-state index contributed by atoms with van der Waals surface area (Å²) < 4.78 is 5.67. The van der Waals surface area contributed by atoms with E-state index in [4.69, 9.17) is 4.74 Å². The van der Waals surface area contributed by atoms with Crippen LogP contribution in [0.2, 0.25) is 0 Å². The number of nitrogens with one attached hydrogen (secondary N) is 2. The molecule has 0 fully saturated rings. The lowest BCUT2D eigenvalue weighted by atomic mass is 10.2. The van der Waals surface area contributed by atoms with Crippen molar-refractivity contribution in [3.63, 3.8) is 0 Å². The van der Waals surface area contributed by atoms with Crippen LogP contribution in [-0.2, 0) is 6.54 Å². The molecular formula is C14H24N2O. The highest BCUT2D eigenvalue weighted by Crippen LogP contribution is 2.14. The van der Waals surface area contributed by atoms with E-state index in [1.54, 1.807) is 0 Å². The number of hydrogen-bond acceptors (Lipinski definition) is 3. The van der Waals surface area contributed by atoms with Crippen molar-refractivity contribution in [3.8, 4) is 5.75 Å². The molecule has 0 aliphatic rings. The molecule has 1 unspecified atom stereocenters. The van der Waals surface area contributed by atoms with Gasteiger partial charge in [0.1, 0.15) is 5.75 Å². The number of benzene rings is 1. The van der Waals surface area contributed by atoms with E-state index in [2.05, 4.69) is 29.7 Å². The van der Waals surface area contributed by atoms with E-state index in [0.717, 1.165) is 18.8 Å². The number of ether oxygens (including phenoxy) is 1. The van der Waals surface area contributed by atoms with Crippen molar-refractivity contribution in [3.05, 3.63) is 29.8 Å². The van der Waals surface area contributed by atoms with E-state index in [1.165, 1.54) is 5.56 Å². The molecule has 17 heavy (non-hydrogen) atoms. The molecule has 0 amide bonds. The van der Waals surface area contributed by atoms with Gasteiger partial charge in [0.05, 0.1) is 6.10 Å². The average molecular weight is 236 g/mol. The molecule has 0 spiro atoms. The molecule has 3 nitrogen and oxygen atoms in total. The summed E-state index contributed by atoms with van der Waals surface area (Å²) in [6.45, 7) is 8.10. The van der Waals surface area contributed by atoms with E-state index in [0.29, 0.717) is 6.04 Å². The molecule has 1 atom stereocenters. The summed E-state index contributed by atoms with van der Waals surface area (Å²) in [5.41, 5.74) is 1.26. The van der Waals surface area contributed by atoms with Gasteiger partial charge in [-0.05, 0) is 45.5 Å². The quantitative estimate of drug-likeness (QED) is 0.761. The third kappa shape index (κ3) is 5.71. The second-order valence-corrected chi connectivity index (χ2v) is 4.65. The predicted octanol–water partition coefficient (Wildman–Crippen LogP) is 2.17. The molecule has 0 aliphatic carbocycles. The van der Waals surface area contributed by atoms with Gasteiger partial charge in [-0.1, -0.05) is 12.1 Å². The second kappa shape index (κ2) is 7.30. The maximum absolute atomic E-state index is 5.67. The van der Waals surface area contributed by atoms with Gasteiger partial charge >= 0.3 is 0 Å². The van der Waals surface area contributed by atoms with Crippen LogP contribution in [0.25, 0.3) is 0 Å². The zero-order chi connectivity index (χ0) is 12.7. The van der Waals surface area contributed by atoms with Gasteiger partial charge in [0.2, 0.25) is 0 Å². The molecule has 96 valence electrons. The molecule has 0 aromatic heterocycles. The van der Waals surface area contributed by atoms with Crippen LogP contribution in [-0.4, -0.2) is 25.7 Å². The Hall–Kier alpha value is -1.06. The van der Waals surface area contributed by atoms with Gasteiger partial charge in [-0.15, -0.1) is 0 Å². The third-order valence-electron chi connectivity index (χ3n) is 2.44. The van der Waals surface area contributed by atoms with Crippen LogP contribution >= 0.6 is 0 Å². The summed E-state index contributed by atoms with van der Waals surface area (Å²) in [6, 6.07) is 8.72. The Morgan fingerprint density at radius 1 is 1.24 bits per heavy atom. The Morgan fingerprint density at radius 3 is 2.65 bits per heavy atom. The maximum Gasteiger partial charge on any atom is 0.120 e. The minimum atomic E-state index is 0.224. The van der Waals surface area contributed by atoms with E-state index >= 15 is 0 Å². The first-order chi connectivity index (χ1) is 8.11. The van der Waals surface area contributed by atoms with Crippen LogP contribution in [0.5, 0.6) is 5.75 Å². The summed E-state index contributed by atoms with van der Waals surface area (Å²) in [5.74, 6) is 0.945. The van der Waals surface area contributed by atoms with E-state index in [1.807, 2.05) is 33.0 Å². The molecule has 0 saturated carbocycles. The van der Waals surface area contributed by atoms with Crippen LogP contribution in [0.15, 0.2) is 24.3 Å². The molecule has 0 bridgehead atoms. The van der Waals surface area contributed by atoms with Crippen LogP contribution in [0.1, 0.15) is 26.3 Å². The maximum atomic E-state index is 5.67. The van der Waals surface area contributed by atoms with E-state index < -0.39 is 0 Å².